The van der Waals surface area contributed by atoms with Gasteiger partial charge in [0.2, 0.25) is 0 Å². The largest absolute Gasteiger partial charge is 0.339 e. The third-order valence-corrected chi connectivity index (χ3v) is 5.66. The first-order chi connectivity index (χ1) is 15.2. The van der Waals surface area contributed by atoms with E-state index < -0.39 is 0 Å². The zero-order chi connectivity index (χ0) is 21.6. The lowest BCUT2D eigenvalue weighted by molar-refractivity contribution is 0.0724. The summed E-state index contributed by atoms with van der Waals surface area (Å²) in [5.74, 6) is 0.0573. The molecule has 0 bridgehead atoms. The summed E-state index contributed by atoms with van der Waals surface area (Å²) in [6.07, 6.45) is 4.17. The van der Waals surface area contributed by atoms with Crippen molar-refractivity contribution >= 4 is 28.7 Å². The van der Waals surface area contributed by atoms with Crippen LogP contribution in [0.1, 0.15) is 42.1 Å². The van der Waals surface area contributed by atoms with Crippen LogP contribution >= 0.6 is 0 Å². The summed E-state index contributed by atoms with van der Waals surface area (Å²) in [5, 5.41) is 14.1. The Hall–Kier alpha value is -3.42. The van der Waals surface area contributed by atoms with Gasteiger partial charge in [0.15, 0.2) is 0 Å². The van der Waals surface area contributed by atoms with Crippen molar-refractivity contribution in [3.05, 3.63) is 53.6 Å². The average molecular weight is 421 g/mol. The molecule has 1 aliphatic rings. The van der Waals surface area contributed by atoms with Crippen molar-refractivity contribution in [3.8, 4) is 0 Å². The molecule has 4 rings (SSSR count). The Kier molecular flexibility index (Phi) is 6.45. The molecular formula is C23H28N6O2. The fourth-order valence-electron chi connectivity index (χ4n) is 3.94. The number of urea groups is 1. The Morgan fingerprint density at radius 1 is 1.06 bits per heavy atom. The fourth-order valence-corrected chi connectivity index (χ4v) is 3.94. The molecule has 8 nitrogen and oxygen atoms in total. The molecule has 0 unspecified atom stereocenters. The van der Waals surface area contributed by atoms with Crippen LogP contribution in [-0.4, -0.2) is 51.5 Å². The lowest BCUT2D eigenvalue weighted by Crippen LogP contribution is -2.35. The van der Waals surface area contributed by atoms with Crippen molar-refractivity contribution in [2.24, 2.45) is 0 Å². The molecule has 0 atom stereocenters. The highest BCUT2D eigenvalue weighted by molar-refractivity contribution is 5.97. The number of nitrogens with zero attached hydrogens (tertiary/aromatic N) is 4. The third-order valence-electron chi connectivity index (χ3n) is 5.66. The minimum absolute atomic E-state index is 0.0573. The number of carbonyl (C=O) groups excluding carboxylic acids is 2. The van der Waals surface area contributed by atoms with Gasteiger partial charge >= 0.3 is 6.03 Å². The summed E-state index contributed by atoms with van der Waals surface area (Å²) in [6, 6.07) is 13.0. The third kappa shape index (κ3) is 4.84. The summed E-state index contributed by atoms with van der Waals surface area (Å²) in [4.78, 5) is 26.9. The number of hydrogen-bond donors (Lipinski definition) is 2. The van der Waals surface area contributed by atoms with E-state index in [2.05, 4.69) is 27.9 Å². The summed E-state index contributed by atoms with van der Waals surface area (Å²) in [6.45, 7) is 4.59. The van der Waals surface area contributed by atoms with Gasteiger partial charge in [-0.1, -0.05) is 30.3 Å². The van der Waals surface area contributed by atoms with Crippen LogP contribution in [0.2, 0.25) is 0 Å². The van der Waals surface area contributed by atoms with Crippen LogP contribution < -0.4 is 10.6 Å². The number of aryl methyl sites for hydroxylation is 1. The van der Waals surface area contributed by atoms with E-state index in [9.17, 15) is 9.59 Å². The maximum Gasteiger partial charge on any atom is 0.319 e. The van der Waals surface area contributed by atoms with E-state index >= 15 is 0 Å². The zero-order valence-electron chi connectivity index (χ0n) is 17.8. The molecule has 1 aliphatic heterocycles. The Bertz CT molecular complexity index is 1070. The highest BCUT2D eigenvalue weighted by atomic mass is 16.2. The number of piperidine rings is 1. The molecule has 8 heteroatoms. The Morgan fingerprint density at radius 3 is 2.68 bits per heavy atom. The molecule has 2 heterocycles. The smallest absolute Gasteiger partial charge is 0.319 e. The number of rotatable bonds is 6. The second kappa shape index (κ2) is 9.59. The van der Waals surface area contributed by atoms with E-state index in [0.717, 1.165) is 49.1 Å². The van der Waals surface area contributed by atoms with E-state index in [1.165, 1.54) is 6.42 Å². The molecule has 0 aliphatic carbocycles. The Balaban J connectivity index is 1.34. The van der Waals surface area contributed by atoms with Crippen molar-refractivity contribution < 1.29 is 9.59 Å². The molecular weight excluding hydrogens is 392 g/mol. The maximum atomic E-state index is 12.7. The van der Waals surface area contributed by atoms with Gasteiger partial charge in [0.05, 0.1) is 12.1 Å². The topological polar surface area (TPSA) is 92.1 Å². The first kappa shape index (κ1) is 20.8. The number of fused-ring (bicyclic) bond motifs is 1. The molecule has 2 aromatic carbocycles. The second-order valence-electron chi connectivity index (χ2n) is 7.76. The summed E-state index contributed by atoms with van der Waals surface area (Å²) < 4.78 is 1.74. The number of likely N-dealkylation sites (tertiary alicyclic amines) is 1. The average Bonchev–Trinajstić information content (AvgIpc) is 3.21. The zero-order valence-corrected chi connectivity index (χ0v) is 17.8. The summed E-state index contributed by atoms with van der Waals surface area (Å²) in [5.41, 5.74) is 4.08. The molecule has 3 aromatic rings. The molecule has 1 fully saturated rings. The second-order valence-corrected chi connectivity index (χ2v) is 7.76. The molecule has 3 amide bonds. The van der Waals surface area contributed by atoms with Gasteiger partial charge in [-0.15, -0.1) is 5.10 Å². The molecule has 0 saturated carbocycles. The summed E-state index contributed by atoms with van der Waals surface area (Å²) in [7, 11) is 0. The van der Waals surface area contributed by atoms with Crippen LogP contribution in [0.25, 0.3) is 11.0 Å². The highest BCUT2D eigenvalue weighted by Crippen LogP contribution is 2.18. The van der Waals surface area contributed by atoms with E-state index in [4.69, 9.17) is 0 Å². The van der Waals surface area contributed by atoms with Crippen LogP contribution in [0.5, 0.6) is 0 Å². The van der Waals surface area contributed by atoms with Crippen molar-refractivity contribution in [1.82, 2.24) is 25.2 Å². The summed E-state index contributed by atoms with van der Waals surface area (Å²) >= 11 is 0. The fraction of sp³-hybridized carbons (Fsp3) is 0.391. The van der Waals surface area contributed by atoms with Crippen LogP contribution in [0, 0.1) is 0 Å². The minimum atomic E-state index is -0.250. The van der Waals surface area contributed by atoms with E-state index in [1.807, 2.05) is 41.3 Å². The number of benzene rings is 2. The number of anilines is 1. The van der Waals surface area contributed by atoms with Gasteiger partial charge in [-0.05, 0) is 55.5 Å². The van der Waals surface area contributed by atoms with E-state index in [1.54, 1.807) is 10.7 Å². The maximum absolute atomic E-state index is 12.7. The minimum Gasteiger partial charge on any atom is -0.339 e. The van der Waals surface area contributed by atoms with Crippen molar-refractivity contribution in [3.63, 3.8) is 0 Å². The van der Waals surface area contributed by atoms with Gasteiger partial charge in [0.1, 0.15) is 5.52 Å². The standard InChI is InChI=1S/C23H28N6O2/c1-2-17-8-4-5-9-19(17)25-23(31)24-12-15-29-21-11-10-18(16-20(21)26-27-29)22(30)28-13-6-3-7-14-28/h4-5,8-11,16H,2-3,6-7,12-15H2,1H3,(H2,24,25,31). The van der Waals surface area contributed by atoms with Gasteiger partial charge in [-0.25, -0.2) is 9.48 Å². The molecule has 1 aromatic heterocycles. The number of para-hydroxylation sites is 1. The van der Waals surface area contributed by atoms with Crippen LogP contribution in [-0.2, 0) is 13.0 Å². The van der Waals surface area contributed by atoms with Crippen molar-refractivity contribution in [2.45, 2.75) is 39.2 Å². The van der Waals surface area contributed by atoms with Gasteiger partial charge in [0, 0.05) is 30.9 Å². The van der Waals surface area contributed by atoms with Crippen LogP contribution in [0.4, 0.5) is 10.5 Å². The molecule has 1 saturated heterocycles. The number of nitrogens with one attached hydrogen (secondary N) is 2. The van der Waals surface area contributed by atoms with E-state index in [-0.39, 0.29) is 11.9 Å². The van der Waals surface area contributed by atoms with Gasteiger partial charge in [-0.2, -0.15) is 0 Å². The molecule has 31 heavy (non-hydrogen) atoms. The van der Waals surface area contributed by atoms with E-state index in [0.29, 0.717) is 24.2 Å². The monoisotopic (exact) mass is 420 g/mol. The normalized spacial score (nSPS) is 13.9. The molecule has 162 valence electrons. The van der Waals surface area contributed by atoms with Crippen molar-refractivity contribution in [1.29, 1.82) is 0 Å². The van der Waals surface area contributed by atoms with Crippen LogP contribution in [0.3, 0.4) is 0 Å². The quantitative estimate of drug-likeness (QED) is 0.639. The van der Waals surface area contributed by atoms with Crippen LogP contribution in [0.15, 0.2) is 42.5 Å². The number of carbonyl (C=O) groups is 2. The predicted molar refractivity (Wildman–Crippen MR) is 120 cm³/mol. The first-order valence-electron chi connectivity index (χ1n) is 10.9. The number of hydrogen-bond acceptors (Lipinski definition) is 4. The molecule has 0 radical (unpaired) electrons. The SMILES string of the molecule is CCc1ccccc1NC(=O)NCCn1nnc2cc(C(=O)N3CCCCC3)ccc21. The number of aromatic nitrogens is 3. The van der Waals surface area contributed by atoms with Gasteiger partial charge < -0.3 is 15.5 Å². The molecule has 2 N–H and O–H groups in total. The van der Waals surface area contributed by atoms with Gasteiger partial charge in [-0.3, -0.25) is 4.79 Å². The van der Waals surface area contributed by atoms with Crippen molar-refractivity contribution in [2.75, 3.05) is 25.0 Å². The number of amides is 3. The Morgan fingerprint density at radius 2 is 1.87 bits per heavy atom. The predicted octanol–water partition coefficient (Wildman–Crippen LogP) is 3.44. The molecule has 0 spiro atoms. The first-order valence-corrected chi connectivity index (χ1v) is 10.9. The lowest BCUT2D eigenvalue weighted by Gasteiger charge is -2.26. The highest BCUT2D eigenvalue weighted by Gasteiger charge is 2.19. The van der Waals surface area contributed by atoms with Gasteiger partial charge in [0.25, 0.3) is 5.91 Å². The lowest BCUT2D eigenvalue weighted by atomic mass is 10.1. The Labute approximate surface area is 181 Å².